The predicted molar refractivity (Wildman–Crippen MR) is 62.6 cm³/mol. The average molecular weight is 219 g/mol. The van der Waals surface area contributed by atoms with Crippen molar-refractivity contribution in [2.45, 2.75) is 26.7 Å². The molecule has 16 heavy (non-hydrogen) atoms. The standard InChI is InChI=1S/C12H17N3O/c1-9(2)11(16)10-12(14-6-5-13-10)15-7-3-4-8-15/h5-6,9H,3-4,7-8H2,1-2H3. The molecule has 0 spiro atoms. The first-order valence-electron chi connectivity index (χ1n) is 5.80. The second kappa shape index (κ2) is 4.60. The molecule has 0 radical (unpaired) electrons. The van der Waals surface area contributed by atoms with Crippen LogP contribution in [0.15, 0.2) is 12.4 Å². The number of rotatable bonds is 3. The molecule has 4 nitrogen and oxygen atoms in total. The van der Waals surface area contributed by atoms with Crippen molar-refractivity contribution in [3.63, 3.8) is 0 Å². The summed E-state index contributed by atoms with van der Waals surface area (Å²) < 4.78 is 0. The zero-order valence-electron chi connectivity index (χ0n) is 9.81. The lowest BCUT2D eigenvalue weighted by atomic mass is 10.1. The Morgan fingerprint density at radius 3 is 2.50 bits per heavy atom. The monoisotopic (exact) mass is 219 g/mol. The van der Waals surface area contributed by atoms with Gasteiger partial charge in [-0.3, -0.25) is 4.79 Å². The van der Waals surface area contributed by atoms with Gasteiger partial charge < -0.3 is 4.90 Å². The first kappa shape index (κ1) is 11.0. The summed E-state index contributed by atoms with van der Waals surface area (Å²) in [5.74, 6) is 0.812. The fourth-order valence-corrected chi connectivity index (χ4v) is 1.94. The molecular formula is C12H17N3O. The van der Waals surface area contributed by atoms with E-state index >= 15 is 0 Å². The van der Waals surface area contributed by atoms with E-state index in [0.29, 0.717) is 5.69 Å². The summed E-state index contributed by atoms with van der Waals surface area (Å²) in [5, 5.41) is 0. The Bertz CT molecular complexity index is 384. The van der Waals surface area contributed by atoms with Crippen molar-refractivity contribution in [2.24, 2.45) is 5.92 Å². The second-order valence-corrected chi connectivity index (χ2v) is 4.44. The highest BCUT2D eigenvalue weighted by molar-refractivity contribution is 5.99. The van der Waals surface area contributed by atoms with Crippen LogP contribution >= 0.6 is 0 Å². The number of Topliss-reactive ketones (excluding diaryl/α,β-unsaturated/α-hetero) is 1. The fourth-order valence-electron chi connectivity index (χ4n) is 1.94. The lowest BCUT2D eigenvalue weighted by molar-refractivity contribution is 0.0934. The highest BCUT2D eigenvalue weighted by Gasteiger charge is 2.23. The largest absolute Gasteiger partial charge is 0.355 e. The summed E-state index contributed by atoms with van der Waals surface area (Å²) in [7, 11) is 0. The number of aromatic nitrogens is 2. The summed E-state index contributed by atoms with van der Waals surface area (Å²) in [6.07, 6.45) is 5.59. The molecule has 0 aromatic carbocycles. The van der Waals surface area contributed by atoms with Gasteiger partial charge in [0.25, 0.3) is 0 Å². The van der Waals surface area contributed by atoms with Gasteiger partial charge in [-0.15, -0.1) is 0 Å². The summed E-state index contributed by atoms with van der Waals surface area (Å²) in [4.78, 5) is 22.6. The molecule has 0 amide bonds. The molecule has 2 heterocycles. The van der Waals surface area contributed by atoms with Crippen molar-refractivity contribution in [1.29, 1.82) is 0 Å². The Hall–Kier alpha value is -1.45. The quantitative estimate of drug-likeness (QED) is 0.729. The smallest absolute Gasteiger partial charge is 0.187 e. The van der Waals surface area contributed by atoms with E-state index in [1.165, 1.54) is 12.8 Å². The Kier molecular flexibility index (Phi) is 3.17. The average Bonchev–Trinajstić information content (AvgIpc) is 2.81. The van der Waals surface area contributed by atoms with Gasteiger partial charge >= 0.3 is 0 Å². The summed E-state index contributed by atoms with van der Waals surface area (Å²) >= 11 is 0. The van der Waals surface area contributed by atoms with Gasteiger partial charge in [0.2, 0.25) is 0 Å². The highest BCUT2D eigenvalue weighted by atomic mass is 16.1. The Balaban J connectivity index is 2.33. The molecule has 0 N–H and O–H groups in total. The van der Waals surface area contributed by atoms with E-state index in [9.17, 15) is 4.79 Å². The van der Waals surface area contributed by atoms with Gasteiger partial charge in [-0.25, -0.2) is 9.97 Å². The topological polar surface area (TPSA) is 46.1 Å². The SMILES string of the molecule is CC(C)C(=O)c1nccnc1N1CCCC1. The maximum absolute atomic E-state index is 12.0. The molecule has 0 bridgehead atoms. The lowest BCUT2D eigenvalue weighted by Gasteiger charge is -2.18. The van der Waals surface area contributed by atoms with Crippen LogP contribution in [-0.2, 0) is 0 Å². The molecule has 1 aromatic rings. The van der Waals surface area contributed by atoms with E-state index in [1.54, 1.807) is 12.4 Å². The van der Waals surface area contributed by atoms with Crippen LogP contribution in [0.2, 0.25) is 0 Å². The third-order valence-electron chi connectivity index (χ3n) is 2.84. The molecule has 1 aromatic heterocycles. The predicted octanol–water partition coefficient (Wildman–Crippen LogP) is 1.92. The molecule has 1 saturated heterocycles. The van der Waals surface area contributed by atoms with Crippen molar-refractivity contribution >= 4 is 11.6 Å². The van der Waals surface area contributed by atoms with Crippen LogP contribution in [-0.4, -0.2) is 28.8 Å². The van der Waals surface area contributed by atoms with Crippen molar-refractivity contribution in [1.82, 2.24) is 9.97 Å². The molecule has 2 rings (SSSR count). The van der Waals surface area contributed by atoms with E-state index in [0.717, 1.165) is 18.9 Å². The van der Waals surface area contributed by atoms with E-state index in [4.69, 9.17) is 0 Å². The van der Waals surface area contributed by atoms with Crippen molar-refractivity contribution < 1.29 is 4.79 Å². The fraction of sp³-hybridized carbons (Fsp3) is 0.583. The van der Waals surface area contributed by atoms with E-state index in [1.807, 2.05) is 13.8 Å². The zero-order valence-corrected chi connectivity index (χ0v) is 9.81. The third-order valence-corrected chi connectivity index (χ3v) is 2.84. The molecule has 0 aliphatic carbocycles. The van der Waals surface area contributed by atoms with Crippen LogP contribution in [0.5, 0.6) is 0 Å². The Morgan fingerprint density at radius 2 is 1.88 bits per heavy atom. The Morgan fingerprint density at radius 1 is 1.25 bits per heavy atom. The number of carbonyl (C=O) groups excluding carboxylic acids is 1. The summed E-state index contributed by atoms with van der Waals surface area (Å²) in [6, 6.07) is 0. The normalized spacial score (nSPS) is 15.8. The zero-order chi connectivity index (χ0) is 11.5. The maximum Gasteiger partial charge on any atom is 0.187 e. The minimum atomic E-state index is -0.0296. The van der Waals surface area contributed by atoms with Crippen LogP contribution < -0.4 is 4.90 Å². The second-order valence-electron chi connectivity index (χ2n) is 4.44. The molecule has 0 atom stereocenters. The van der Waals surface area contributed by atoms with Crippen molar-refractivity contribution in [3.8, 4) is 0 Å². The van der Waals surface area contributed by atoms with Crippen LogP contribution in [0.1, 0.15) is 37.2 Å². The van der Waals surface area contributed by atoms with E-state index in [2.05, 4.69) is 14.9 Å². The minimum absolute atomic E-state index is 0.0296. The van der Waals surface area contributed by atoms with Gasteiger partial charge in [0.15, 0.2) is 11.6 Å². The minimum Gasteiger partial charge on any atom is -0.355 e. The van der Waals surface area contributed by atoms with Gasteiger partial charge in [0.1, 0.15) is 5.69 Å². The molecule has 86 valence electrons. The van der Waals surface area contributed by atoms with E-state index in [-0.39, 0.29) is 11.7 Å². The van der Waals surface area contributed by atoms with Crippen LogP contribution in [0.3, 0.4) is 0 Å². The molecule has 1 aliphatic heterocycles. The van der Waals surface area contributed by atoms with Crippen molar-refractivity contribution in [3.05, 3.63) is 18.1 Å². The van der Waals surface area contributed by atoms with Crippen molar-refractivity contribution in [2.75, 3.05) is 18.0 Å². The lowest BCUT2D eigenvalue weighted by Crippen LogP contribution is -2.24. The van der Waals surface area contributed by atoms with Gasteiger partial charge in [-0.2, -0.15) is 0 Å². The molecule has 0 saturated carbocycles. The number of nitrogens with zero attached hydrogens (tertiary/aromatic N) is 3. The van der Waals surface area contributed by atoms with E-state index < -0.39 is 0 Å². The first-order chi connectivity index (χ1) is 7.70. The number of hydrogen-bond donors (Lipinski definition) is 0. The number of hydrogen-bond acceptors (Lipinski definition) is 4. The summed E-state index contributed by atoms with van der Waals surface area (Å²) in [6.45, 7) is 5.75. The maximum atomic E-state index is 12.0. The van der Waals surface area contributed by atoms with Gasteiger partial charge in [0, 0.05) is 31.4 Å². The van der Waals surface area contributed by atoms with Gasteiger partial charge in [-0.1, -0.05) is 13.8 Å². The molecule has 4 heteroatoms. The van der Waals surface area contributed by atoms with Crippen LogP contribution in [0.4, 0.5) is 5.82 Å². The Labute approximate surface area is 95.7 Å². The number of ketones is 1. The van der Waals surface area contributed by atoms with Crippen LogP contribution in [0.25, 0.3) is 0 Å². The number of carbonyl (C=O) groups is 1. The van der Waals surface area contributed by atoms with Gasteiger partial charge in [-0.05, 0) is 12.8 Å². The summed E-state index contributed by atoms with van der Waals surface area (Å²) in [5.41, 5.74) is 0.527. The molecule has 1 aliphatic rings. The van der Waals surface area contributed by atoms with Crippen LogP contribution in [0, 0.1) is 5.92 Å². The van der Waals surface area contributed by atoms with Gasteiger partial charge in [0.05, 0.1) is 0 Å². The molecule has 0 unspecified atom stereocenters. The molecule has 1 fully saturated rings. The molecular weight excluding hydrogens is 202 g/mol. The third kappa shape index (κ3) is 2.05. The first-order valence-corrected chi connectivity index (χ1v) is 5.80. The highest BCUT2D eigenvalue weighted by Crippen LogP contribution is 2.22. The number of anilines is 1.